The molecule has 8 nitrogen and oxygen atoms in total. The zero-order chi connectivity index (χ0) is 22.8. The molecular formula is C23H23FN4O4. The van der Waals surface area contributed by atoms with Gasteiger partial charge in [0, 0.05) is 28.4 Å². The molecule has 0 bridgehead atoms. The van der Waals surface area contributed by atoms with Gasteiger partial charge in [-0.25, -0.2) is 14.2 Å². The Morgan fingerprint density at radius 2 is 2.09 bits per heavy atom. The van der Waals surface area contributed by atoms with Crippen molar-refractivity contribution in [1.29, 1.82) is 0 Å². The zero-order valence-electron chi connectivity index (χ0n) is 17.9. The van der Waals surface area contributed by atoms with Crippen molar-refractivity contribution in [3.8, 4) is 11.4 Å². The number of aromatic amines is 1. The summed E-state index contributed by atoms with van der Waals surface area (Å²) in [5.41, 5.74) is 2.96. The number of carboxylic acids is 1. The number of aromatic nitrogens is 4. The van der Waals surface area contributed by atoms with E-state index in [1.807, 2.05) is 24.5 Å². The lowest BCUT2D eigenvalue weighted by molar-refractivity contribution is -0.169. The molecule has 0 amide bonds. The number of aliphatic carboxylic acids is 1. The smallest absolute Gasteiger partial charge is 0.335 e. The summed E-state index contributed by atoms with van der Waals surface area (Å²) in [7, 11) is 1.42. The Bertz CT molecular complexity index is 1370. The number of halogens is 1. The van der Waals surface area contributed by atoms with Crippen molar-refractivity contribution < 1.29 is 24.1 Å². The normalized spacial score (nSPS) is 20.8. The van der Waals surface area contributed by atoms with Crippen molar-refractivity contribution in [2.45, 2.75) is 44.1 Å². The fourth-order valence-corrected chi connectivity index (χ4v) is 4.78. The lowest BCUT2D eigenvalue weighted by Gasteiger charge is -2.40. The van der Waals surface area contributed by atoms with Gasteiger partial charge in [0.05, 0.1) is 24.3 Å². The number of carboxylic acid groups (broad SMARTS) is 1. The largest absolute Gasteiger partial charge is 0.494 e. The molecule has 1 aliphatic rings. The minimum atomic E-state index is -1.73. The fraction of sp³-hybridized carbons (Fsp3) is 0.348. The van der Waals surface area contributed by atoms with Crippen LogP contribution in [0.3, 0.4) is 0 Å². The lowest BCUT2D eigenvalue weighted by Crippen LogP contribution is -2.49. The van der Waals surface area contributed by atoms with Gasteiger partial charge in [0.25, 0.3) is 0 Å². The number of carbonyl (C=O) groups is 1. The molecule has 0 saturated heterocycles. The van der Waals surface area contributed by atoms with Gasteiger partial charge in [-0.05, 0) is 42.9 Å². The predicted octanol–water partition coefficient (Wildman–Crippen LogP) is 3.87. The van der Waals surface area contributed by atoms with Crippen LogP contribution in [0.15, 0.2) is 30.5 Å². The number of benzene rings is 1. The van der Waals surface area contributed by atoms with Crippen LogP contribution in [0.4, 0.5) is 4.39 Å². The van der Waals surface area contributed by atoms with Gasteiger partial charge in [-0.15, -0.1) is 0 Å². The molecule has 0 aliphatic heterocycles. The summed E-state index contributed by atoms with van der Waals surface area (Å²) in [6.45, 7) is 4.09. The van der Waals surface area contributed by atoms with Crippen molar-refractivity contribution in [2.75, 3.05) is 7.11 Å². The molecule has 4 aromatic rings. The third-order valence-electron chi connectivity index (χ3n) is 6.33. The number of methoxy groups -OCH3 is 1. The summed E-state index contributed by atoms with van der Waals surface area (Å²) in [6.07, 6.45) is 1.90. The van der Waals surface area contributed by atoms with Crippen LogP contribution in [0.2, 0.25) is 0 Å². The van der Waals surface area contributed by atoms with Crippen LogP contribution in [0.25, 0.3) is 27.8 Å². The van der Waals surface area contributed by atoms with Crippen molar-refractivity contribution >= 4 is 28.0 Å². The number of ether oxygens (including phenoxy) is 1. The molecular weight excluding hydrogens is 415 g/mol. The number of fused-ring (bicyclic) bond motifs is 2. The third-order valence-corrected chi connectivity index (χ3v) is 6.33. The standard InChI is InChI=1S/C23H23FN4O4/c1-11(2)20-18(13-8-23(31,9-13)22(29)30)19-16(6-12-10-25-27-21(12)26-19)28(20)14-4-5-15(24)17(7-14)32-3/h4-7,10-11,13,31H,8-9H2,1-3H3,(H,29,30)(H,25,26,27)/t13-,23+. The predicted molar refractivity (Wildman–Crippen MR) is 116 cm³/mol. The van der Waals surface area contributed by atoms with Crippen LogP contribution in [-0.4, -0.2) is 48.6 Å². The van der Waals surface area contributed by atoms with Crippen LogP contribution in [0, 0.1) is 5.82 Å². The second-order valence-corrected chi connectivity index (χ2v) is 8.71. The first-order valence-electron chi connectivity index (χ1n) is 10.4. The van der Waals surface area contributed by atoms with Gasteiger partial charge < -0.3 is 19.5 Å². The number of nitrogens with one attached hydrogen (secondary N) is 1. The molecule has 3 heterocycles. The van der Waals surface area contributed by atoms with E-state index < -0.39 is 17.4 Å². The summed E-state index contributed by atoms with van der Waals surface area (Å²) in [5.74, 6) is -1.67. The fourth-order valence-electron chi connectivity index (χ4n) is 4.78. The third kappa shape index (κ3) is 2.88. The number of hydrogen-bond acceptors (Lipinski definition) is 5. The van der Waals surface area contributed by atoms with E-state index in [1.54, 1.807) is 18.3 Å². The topological polar surface area (TPSA) is 113 Å². The average molecular weight is 438 g/mol. The highest BCUT2D eigenvalue weighted by Crippen LogP contribution is 2.50. The van der Waals surface area contributed by atoms with Crippen molar-refractivity contribution in [1.82, 2.24) is 19.7 Å². The summed E-state index contributed by atoms with van der Waals surface area (Å²) >= 11 is 0. The van der Waals surface area contributed by atoms with E-state index in [2.05, 4.69) is 10.2 Å². The second kappa shape index (κ2) is 7.03. The Kier molecular flexibility index (Phi) is 4.49. The van der Waals surface area contributed by atoms with Gasteiger partial charge in [0.1, 0.15) is 0 Å². The van der Waals surface area contributed by atoms with Gasteiger partial charge in [0.15, 0.2) is 22.8 Å². The molecule has 5 rings (SSSR count). The molecule has 0 radical (unpaired) electrons. The summed E-state index contributed by atoms with van der Waals surface area (Å²) in [5, 5.41) is 27.6. The van der Waals surface area contributed by atoms with E-state index in [9.17, 15) is 19.4 Å². The van der Waals surface area contributed by atoms with Crippen molar-refractivity contribution in [2.24, 2.45) is 0 Å². The molecule has 0 atom stereocenters. The summed E-state index contributed by atoms with van der Waals surface area (Å²) < 4.78 is 21.4. The Morgan fingerprint density at radius 1 is 1.34 bits per heavy atom. The molecule has 3 aromatic heterocycles. The maximum Gasteiger partial charge on any atom is 0.335 e. The highest BCUT2D eigenvalue weighted by atomic mass is 19.1. The van der Waals surface area contributed by atoms with E-state index in [0.717, 1.165) is 22.2 Å². The van der Waals surface area contributed by atoms with Gasteiger partial charge in [-0.2, -0.15) is 5.10 Å². The van der Waals surface area contributed by atoms with Gasteiger partial charge in [-0.1, -0.05) is 13.8 Å². The number of rotatable bonds is 5. The molecule has 166 valence electrons. The molecule has 9 heteroatoms. The maximum absolute atomic E-state index is 14.1. The molecule has 3 N–H and O–H groups in total. The Labute approximate surface area is 182 Å². The van der Waals surface area contributed by atoms with Crippen LogP contribution >= 0.6 is 0 Å². The van der Waals surface area contributed by atoms with Crippen LogP contribution in [-0.2, 0) is 4.79 Å². The Balaban J connectivity index is 1.81. The molecule has 1 saturated carbocycles. The van der Waals surface area contributed by atoms with Gasteiger partial charge >= 0.3 is 5.97 Å². The quantitative estimate of drug-likeness (QED) is 0.436. The van der Waals surface area contributed by atoms with Gasteiger partial charge in [0.2, 0.25) is 0 Å². The summed E-state index contributed by atoms with van der Waals surface area (Å²) in [4.78, 5) is 16.3. The van der Waals surface area contributed by atoms with Crippen molar-refractivity contribution in [3.63, 3.8) is 0 Å². The molecule has 1 aliphatic carbocycles. The number of H-pyrrole nitrogens is 1. The van der Waals surface area contributed by atoms with Crippen LogP contribution in [0.1, 0.15) is 49.8 Å². The van der Waals surface area contributed by atoms with E-state index in [-0.39, 0.29) is 30.4 Å². The summed E-state index contributed by atoms with van der Waals surface area (Å²) in [6, 6.07) is 6.65. The first-order valence-corrected chi connectivity index (χ1v) is 10.4. The van der Waals surface area contributed by atoms with Crippen LogP contribution < -0.4 is 4.74 Å². The molecule has 0 spiro atoms. The second-order valence-electron chi connectivity index (χ2n) is 8.71. The lowest BCUT2D eigenvalue weighted by atomic mass is 9.67. The zero-order valence-corrected chi connectivity index (χ0v) is 17.9. The highest BCUT2D eigenvalue weighted by Gasteiger charge is 2.51. The Hall–Kier alpha value is -3.46. The highest BCUT2D eigenvalue weighted by molar-refractivity contribution is 5.94. The molecule has 32 heavy (non-hydrogen) atoms. The number of hydrogen-bond donors (Lipinski definition) is 3. The van der Waals surface area contributed by atoms with E-state index in [0.29, 0.717) is 16.9 Å². The maximum atomic E-state index is 14.1. The average Bonchev–Trinajstić information content (AvgIpc) is 3.31. The van der Waals surface area contributed by atoms with Gasteiger partial charge in [-0.3, -0.25) is 5.10 Å². The van der Waals surface area contributed by atoms with E-state index in [4.69, 9.17) is 9.72 Å². The first-order chi connectivity index (χ1) is 15.2. The van der Waals surface area contributed by atoms with E-state index in [1.165, 1.54) is 13.2 Å². The molecule has 1 aromatic carbocycles. The molecule has 1 fully saturated rings. The first kappa shape index (κ1) is 20.4. The minimum Gasteiger partial charge on any atom is -0.494 e. The SMILES string of the molecule is COc1cc(-n2c(C(C)C)c([C@H]3C[C@](O)(C(=O)O)C3)c3nc4[nH]ncc4cc32)ccc1F. The minimum absolute atomic E-state index is 0.0465. The van der Waals surface area contributed by atoms with Crippen molar-refractivity contribution in [3.05, 3.63) is 47.5 Å². The number of aliphatic hydroxyl groups is 1. The number of nitrogens with zero attached hydrogens (tertiary/aromatic N) is 3. The van der Waals surface area contributed by atoms with Crippen LogP contribution in [0.5, 0.6) is 5.75 Å². The number of pyridine rings is 1. The van der Waals surface area contributed by atoms with E-state index >= 15 is 0 Å². The monoisotopic (exact) mass is 438 g/mol. The molecule has 0 unspecified atom stereocenters. The Morgan fingerprint density at radius 3 is 2.75 bits per heavy atom.